The minimum atomic E-state index is -0.847. The minimum Gasteiger partial charge on any atom is -0.478 e. The predicted octanol–water partition coefficient (Wildman–Crippen LogP) is 2.54. The normalized spacial score (nSPS) is 18.3. The van der Waals surface area contributed by atoms with Crippen molar-refractivity contribution in [2.45, 2.75) is 33.3 Å². The summed E-state index contributed by atoms with van der Waals surface area (Å²) in [6, 6.07) is 0. The molecule has 1 aliphatic heterocycles. The Hall–Kier alpha value is -1.31. The van der Waals surface area contributed by atoms with Gasteiger partial charge in [-0.2, -0.15) is 0 Å². The number of carbonyl (C=O) groups is 1. The molecule has 0 radical (unpaired) electrons. The summed E-state index contributed by atoms with van der Waals surface area (Å²) >= 11 is 0. The molecule has 0 aliphatic carbocycles. The lowest BCUT2D eigenvalue weighted by atomic mass is 10.2. The van der Waals surface area contributed by atoms with Crippen LogP contribution in [-0.2, 0) is 9.53 Å². The van der Waals surface area contributed by atoms with Gasteiger partial charge in [-0.3, -0.25) is 0 Å². The van der Waals surface area contributed by atoms with Crippen LogP contribution in [0.15, 0.2) is 29.5 Å². The van der Waals surface area contributed by atoms with Crippen LogP contribution in [0, 0.1) is 0 Å². The van der Waals surface area contributed by atoms with Gasteiger partial charge in [0.05, 0.1) is 12.7 Å². The second-order valence-electron chi connectivity index (χ2n) is 3.56. The van der Waals surface area contributed by atoms with Crippen LogP contribution in [0.25, 0.3) is 0 Å². The zero-order valence-corrected chi connectivity index (χ0v) is 9.54. The Morgan fingerprint density at radius 1 is 1.60 bits per heavy atom. The Kier molecular flexibility index (Phi) is 6.43. The van der Waals surface area contributed by atoms with E-state index in [4.69, 9.17) is 9.84 Å². The molecule has 1 rings (SSSR count). The number of epoxide rings is 1. The minimum absolute atomic E-state index is 0.286. The van der Waals surface area contributed by atoms with Gasteiger partial charge in [-0.05, 0) is 32.8 Å². The van der Waals surface area contributed by atoms with Crippen molar-refractivity contribution in [2.75, 3.05) is 6.61 Å². The van der Waals surface area contributed by atoms with Gasteiger partial charge in [0.15, 0.2) is 0 Å². The first-order valence-corrected chi connectivity index (χ1v) is 4.82. The summed E-state index contributed by atoms with van der Waals surface area (Å²) in [6.07, 6.45) is 2.72. The number of aliphatic carboxylic acids is 1. The topological polar surface area (TPSA) is 49.8 Å². The Morgan fingerprint density at radius 2 is 2.07 bits per heavy atom. The van der Waals surface area contributed by atoms with Gasteiger partial charge >= 0.3 is 5.97 Å². The van der Waals surface area contributed by atoms with E-state index >= 15 is 0 Å². The third kappa shape index (κ3) is 9.01. The molecule has 0 aromatic carbocycles. The fourth-order valence-electron chi connectivity index (χ4n) is 0.600. The molecule has 0 amide bonds. The largest absolute Gasteiger partial charge is 0.478 e. The van der Waals surface area contributed by atoms with E-state index in [1.165, 1.54) is 0 Å². The summed E-state index contributed by atoms with van der Waals surface area (Å²) in [4.78, 5) is 10.2. The van der Waals surface area contributed by atoms with Gasteiger partial charge in [-0.15, -0.1) is 5.73 Å². The summed E-state index contributed by atoms with van der Waals surface area (Å²) in [7, 11) is 0. The van der Waals surface area contributed by atoms with Crippen molar-refractivity contribution < 1.29 is 14.6 Å². The predicted molar refractivity (Wildman–Crippen MR) is 59.8 cm³/mol. The van der Waals surface area contributed by atoms with Gasteiger partial charge in [-0.25, -0.2) is 4.79 Å². The molecule has 3 heteroatoms. The van der Waals surface area contributed by atoms with Crippen LogP contribution < -0.4 is 0 Å². The lowest BCUT2D eigenvalue weighted by molar-refractivity contribution is -0.132. The molecule has 0 spiro atoms. The van der Waals surface area contributed by atoms with Crippen molar-refractivity contribution in [2.24, 2.45) is 0 Å². The average Bonchev–Trinajstić information content (AvgIpc) is 2.98. The molecular weight excluding hydrogens is 192 g/mol. The highest BCUT2D eigenvalue weighted by Gasteiger charge is 2.20. The fourth-order valence-corrected chi connectivity index (χ4v) is 0.600. The van der Waals surface area contributed by atoms with E-state index in [1.54, 1.807) is 13.0 Å². The maximum atomic E-state index is 10.2. The number of ether oxygens (including phenoxy) is 1. The van der Waals surface area contributed by atoms with Crippen LogP contribution in [0.2, 0.25) is 0 Å². The highest BCUT2D eigenvalue weighted by Crippen LogP contribution is 2.14. The van der Waals surface area contributed by atoms with E-state index in [9.17, 15) is 4.79 Å². The van der Waals surface area contributed by atoms with Crippen molar-refractivity contribution in [3.05, 3.63) is 29.5 Å². The standard InChI is InChI=1S/C7H10O3.C5H8/c1-5(7(8)9)2-3-6-4-10-6;1-4-5(2)3/h2,6H,3-4H2,1H3,(H,8,9);1H2,2-3H3. The first kappa shape index (κ1) is 13.7. The number of allylic oxidation sites excluding steroid dienone is 1. The lowest BCUT2D eigenvalue weighted by Crippen LogP contribution is -1.96. The Morgan fingerprint density at radius 3 is 2.33 bits per heavy atom. The summed E-state index contributed by atoms with van der Waals surface area (Å²) in [6.45, 7) is 9.70. The first-order chi connectivity index (χ1) is 6.97. The molecule has 0 saturated carbocycles. The molecular formula is C12H18O3. The zero-order valence-electron chi connectivity index (χ0n) is 9.54. The molecule has 1 unspecified atom stereocenters. The molecule has 0 aromatic heterocycles. The maximum Gasteiger partial charge on any atom is 0.330 e. The SMILES string of the molecule is C=C=C(C)C.CC(=CCC1CO1)C(=O)O. The molecule has 15 heavy (non-hydrogen) atoms. The van der Waals surface area contributed by atoms with Crippen LogP contribution in [0.4, 0.5) is 0 Å². The second kappa shape index (κ2) is 7.04. The van der Waals surface area contributed by atoms with E-state index < -0.39 is 5.97 Å². The van der Waals surface area contributed by atoms with Gasteiger partial charge in [0.1, 0.15) is 0 Å². The number of carboxylic acid groups (broad SMARTS) is 1. The molecule has 1 aliphatic rings. The van der Waals surface area contributed by atoms with Gasteiger partial charge in [-0.1, -0.05) is 12.7 Å². The van der Waals surface area contributed by atoms with E-state index in [-0.39, 0.29) is 6.10 Å². The number of hydrogen-bond acceptors (Lipinski definition) is 2. The zero-order chi connectivity index (χ0) is 11.8. The van der Waals surface area contributed by atoms with Crippen molar-refractivity contribution in [3.63, 3.8) is 0 Å². The van der Waals surface area contributed by atoms with E-state index in [0.717, 1.165) is 18.6 Å². The summed E-state index contributed by atoms with van der Waals surface area (Å²) in [5.41, 5.74) is 4.24. The molecule has 1 saturated heterocycles. The van der Waals surface area contributed by atoms with Crippen molar-refractivity contribution >= 4 is 5.97 Å². The van der Waals surface area contributed by atoms with Gasteiger partial charge in [0, 0.05) is 5.57 Å². The average molecular weight is 210 g/mol. The van der Waals surface area contributed by atoms with Crippen LogP contribution in [0.5, 0.6) is 0 Å². The van der Waals surface area contributed by atoms with E-state index in [2.05, 4.69) is 12.3 Å². The number of rotatable bonds is 3. The molecule has 84 valence electrons. The summed E-state index contributed by atoms with van der Waals surface area (Å²) in [5, 5.41) is 8.41. The molecule has 0 bridgehead atoms. The molecule has 1 atom stereocenters. The van der Waals surface area contributed by atoms with Crippen molar-refractivity contribution in [3.8, 4) is 0 Å². The first-order valence-electron chi connectivity index (χ1n) is 4.82. The Bertz CT molecular complexity index is 288. The third-order valence-electron chi connectivity index (χ3n) is 1.78. The van der Waals surface area contributed by atoms with Crippen LogP contribution in [0.3, 0.4) is 0 Å². The van der Waals surface area contributed by atoms with E-state index in [1.807, 2.05) is 13.8 Å². The van der Waals surface area contributed by atoms with Gasteiger partial charge < -0.3 is 9.84 Å². The Balaban J connectivity index is 0.000000336. The molecule has 0 aromatic rings. The lowest BCUT2D eigenvalue weighted by Gasteiger charge is -1.89. The van der Waals surface area contributed by atoms with Crippen molar-refractivity contribution in [1.82, 2.24) is 0 Å². The summed E-state index contributed by atoms with van der Waals surface area (Å²) in [5.74, 6) is -0.847. The molecule has 3 nitrogen and oxygen atoms in total. The quantitative estimate of drug-likeness (QED) is 0.442. The van der Waals surface area contributed by atoms with Gasteiger partial charge in [0.25, 0.3) is 0 Å². The van der Waals surface area contributed by atoms with Crippen molar-refractivity contribution in [1.29, 1.82) is 0 Å². The number of hydrogen-bond donors (Lipinski definition) is 1. The second-order valence-corrected chi connectivity index (χ2v) is 3.56. The highest BCUT2D eigenvalue weighted by atomic mass is 16.6. The Labute approximate surface area is 90.8 Å². The van der Waals surface area contributed by atoms with Crippen LogP contribution >= 0.6 is 0 Å². The molecule has 1 heterocycles. The van der Waals surface area contributed by atoms with E-state index in [0.29, 0.717) is 5.57 Å². The van der Waals surface area contributed by atoms with Crippen LogP contribution in [0.1, 0.15) is 27.2 Å². The number of carboxylic acids is 1. The van der Waals surface area contributed by atoms with Gasteiger partial charge in [0.2, 0.25) is 0 Å². The monoisotopic (exact) mass is 210 g/mol. The molecule has 1 fully saturated rings. The fraction of sp³-hybridized carbons (Fsp3) is 0.500. The maximum absolute atomic E-state index is 10.2. The highest BCUT2D eigenvalue weighted by molar-refractivity contribution is 5.85. The smallest absolute Gasteiger partial charge is 0.330 e. The third-order valence-corrected chi connectivity index (χ3v) is 1.78. The van der Waals surface area contributed by atoms with Crippen LogP contribution in [-0.4, -0.2) is 23.8 Å². The summed E-state index contributed by atoms with van der Waals surface area (Å²) < 4.78 is 4.90. The molecule has 1 N–H and O–H groups in total.